The number of nitrogens with zero attached hydrogens (tertiary/aromatic N) is 1. The van der Waals surface area contributed by atoms with Gasteiger partial charge in [-0.2, -0.15) is 0 Å². The van der Waals surface area contributed by atoms with E-state index in [9.17, 15) is 0 Å². The van der Waals surface area contributed by atoms with Crippen LogP contribution in [0.3, 0.4) is 0 Å². The zero-order valence-electron chi connectivity index (χ0n) is 10.7. The largest absolute Gasteiger partial charge is 0.504 e. The zero-order valence-corrected chi connectivity index (χ0v) is 11.7. The van der Waals surface area contributed by atoms with Crippen molar-refractivity contribution in [1.29, 1.82) is 0 Å². The molecule has 16 heavy (non-hydrogen) atoms. The Balaban J connectivity index is 2.50. The van der Waals surface area contributed by atoms with Crippen LogP contribution in [-0.2, 0) is 18.0 Å². The molecule has 0 bridgehead atoms. The van der Waals surface area contributed by atoms with Crippen LogP contribution in [0.5, 0.6) is 0 Å². The maximum Gasteiger partial charge on any atom is 0.504 e. The average Bonchev–Trinajstić information content (AvgIpc) is 2.33. The van der Waals surface area contributed by atoms with Crippen LogP contribution < -0.4 is 0 Å². The fraction of sp³-hybridized carbons (Fsp3) is 1.00. The lowest BCUT2D eigenvalue weighted by Gasteiger charge is -2.35. The summed E-state index contributed by atoms with van der Waals surface area (Å²) in [7, 11) is 2.50. The lowest BCUT2D eigenvalue weighted by atomic mass is 10.3. The highest BCUT2D eigenvalue weighted by atomic mass is 28.4. The molecule has 6 heteroatoms. The van der Waals surface area contributed by atoms with E-state index in [1.165, 1.54) is 0 Å². The van der Waals surface area contributed by atoms with Gasteiger partial charge in [0.2, 0.25) is 0 Å². The van der Waals surface area contributed by atoms with Crippen molar-refractivity contribution in [2.75, 3.05) is 54.2 Å². The topological polar surface area (TPSA) is 40.2 Å². The quantitative estimate of drug-likeness (QED) is 0.644. The number of morpholine rings is 1. The van der Waals surface area contributed by atoms with E-state index in [2.05, 4.69) is 11.8 Å². The zero-order chi connectivity index (χ0) is 12.0. The summed E-state index contributed by atoms with van der Waals surface area (Å²) in [6.45, 7) is 6.64. The molecule has 0 aromatic rings. The molecular weight excluding hydrogens is 226 g/mol. The van der Waals surface area contributed by atoms with Crippen LogP contribution in [-0.4, -0.2) is 67.9 Å². The van der Waals surface area contributed by atoms with Crippen molar-refractivity contribution in [2.24, 2.45) is 0 Å². The summed E-state index contributed by atoms with van der Waals surface area (Å²) >= 11 is 0. The third-order valence-electron chi connectivity index (χ3n) is 3.09. The van der Waals surface area contributed by atoms with E-state index in [0.29, 0.717) is 0 Å². The van der Waals surface area contributed by atoms with E-state index in [0.717, 1.165) is 32.8 Å². The Morgan fingerprint density at radius 3 is 2.06 bits per heavy atom. The van der Waals surface area contributed by atoms with E-state index >= 15 is 0 Å². The Bertz CT molecular complexity index is 187. The summed E-state index contributed by atoms with van der Waals surface area (Å²) in [4.78, 5) is 2.37. The number of ether oxygens (including phenoxy) is 1. The Morgan fingerprint density at radius 2 is 1.62 bits per heavy atom. The molecule has 1 heterocycles. The molecule has 0 aliphatic carbocycles. The van der Waals surface area contributed by atoms with Crippen LogP contribution in [0.2, 0.25) is 5.54 Å². The van der Waals surface area contributed by atoms with Crippen molar-refractivity contribution in [3.05, 3.63) is 0 Å². The maximum absolute atomic E-state index is 5.48. The third-order valence-corrected chi connectivity index (χ3v) is 6.19. The second-order valence-electron chi connectivity index (χ2n) is 4.03. The average molecular weight is 249 g/mol. The number of hydrogen-bond acceptors (Lipinski definition) is 5. The Labute approximate surface area is 99.0 Å². The Hall–Kier alpha value is 0.0169. The van der Waals surface area contributed by atoms with Gasteiger partial charge in [0.25, 0.3) is 0 Å². The molecule has 96 valence electrons. The molecule has 1 saturated heterocycles. The van der Waals surface area contributed by atoms with E-state index in [-0.39, 0.29) is 5.54 Å². The first-order valence-corrected chi connectivity index (χ1v) is 7.44. The molecule has 1 aliphatic heterocycles. The molecule has 0 spiro atoms. The first-order valence-electron chi connectivity index (χ1n) is 5.64. The highest BCUT2D eigenvalue weighted by Crippen LogP contribution is 2.24. The van der Waals surface area contributed by atoms with Crippen molar-refractivity contribution >= 4 is 8.80 Å². The van der Waals surface area contributed by atoms with Gasteiger partial charge in [-0.3, -0.25) is 4.90 Å². The van der Waals surface area contributed by atoms with Gasteiger partial charge >= 0.3 is 8.80 Å². The molecule has 0 radical (unpaired) electrons. The Kier molecular flexibility index (Phi) is 5.88. The summed E-state index contributed by atoms with van der Waals surface area (Å²) in [6, 6.07) is 0. The molecule has 0 aromatic carbocycles. The van der Waals surface area contributed by atoms with Crippen molar-refractivity contribution < 1.29 is 18.0 Å². The molecule has 0 N–H and O–H groups in total. The second-order valence-corrected chi connectivity index (χ2v) is 7.45. The second kappa shape index (κ2) is 6.68. The van der Waals surface area contributed by atoms with Gasteiger partial charge in [0.05, 0.1) is 13.2 Å². The number of hydrogen-bond donors (Lipinski definition) is 0. The minimum Gasteiger partial charge on any atom is -0.379 e. The summed E-state index contributed by atoms with van der Waals surface area (Å²) in [5.74, 6) is 0. The molecule has 0 saturated carbocycles. The van der Waals surface area contributed by atoms with Gasteiger partial charge in [-0.25, -0.2) is 0 Å². The van der Waals surface area contributed by atoms with Crippen molar-refractivity contribution in [1.82, 2.24) is 4.90 Å². The Morgan fingerprint density at radius 1 is 1.12 bits per heavy atom. The molecule has 1 rings (SSSR count). The predicted octanol–water partition coefficient (Wildman–Crippen LogP) is 0.587. The van der Waals surface area contributed by atoms with E-state index < -0.39 is 8.80 Å². The molecular formula is C10H23NO4Si. The van der Waals surface area contributed by atoms with Gasteiger partial charge in [0.1, 0.15) is 0 Å². The fourth-order valence-electron chi connectivity index (χ4n) is 2.14. The lowest BCUT2D eigenvalue weighted by molar-refractivity contribution is 0.0316. The lowest BCUT2D eigenvalue weighted by Crippen LogP contribution is -2.51. The molecule has 0 amide bonds. The minimum absolute atomic E-state index is 0.269. The van der Waals surface area contributed by atoms with Gasteiger partial charge < -0.3 is 18.0 Å². The minimum atomic E-state index is -2.49. The van der Waals surface area contributed by atoms with Crippen molar-refractivity contribution in [2.45, 2.75) is 12.5 Å². The van der Waals surface area contributed by atoms with Crippen LogP contribution in [0.25, 0.3) is 0 Å². The SMILES string of the molecule is CO[Si](OC)(OC)C(C)CN1CCOCC1. The normalized spacial score (nSPS) is 21.0. The molecule has 5 nitrogen and oxygen atoms in total. The van der Waals surface area contributed by atoms with Crippen LogP contribution in [0.1, 0.15) is 6.92 Å². The van der Waals surface area contributed by atoms with Gasteiger partial charge in [0.15, 0.2) is 0 Å². The predicted molar refractivity (Wildman–Crippen MR) is 63.5 cm³/mol. The summed E-state index contributed by atoms with van der Waals surface area (Å²) < 4.78 is 21.8. The third kappa shape index (κ3) is 3.25. The smallest absolute Gasteiger partial charge is 0.379 e. The molecule has 1 fully saturated rings. The maximum atomic E-state index is 5.48. The van der Waals surface area contributed by atoms with Gasteiger partial charge in [-0.15, -0.1) is 0 Å². The monoisotopic (exact) mass is 249 g/mol. The molecule has 1 aliphatic rings. The van der Waals surface area contributed by atoms with Crippen LogP contribution >= 0.6 is 0 Å². The van der Waals surface area contributed by atoms with Crippen LogP contribution in [0.15, 0.2) is 0 Å². The highest BCUT2D eigenvalue weighted by Gasteiger charge is 2.45. The van der Waals surface area contributed by atoms with E-state index in [1.807, 2.05) is 0 Å². The van der Waals surface area contributed by atoms with Crippen LogP contribution in [0.4, 0.5) is 0 Å². The van der Waals surface area contributed by atoms with Crippen molar-refractivity contribution in [3.8, 4) is 0 Å². The first-order chi connectivity index (χ1) is 7.68. The van der Waals surface area contributed by atoms with Crippen LogP contribution in [0, 0.1) is 0 Å². The summed E-state index contributed by atoms with van der Waals surface area (Å²) in [6.07, 6.45) is 0. The van der Waals surface area contributed by atoms with Crippen molar-refractivity contribution in [3.63, 3.8) is 0 Å². The van der Waals surface area contributed by atoms with E-state index in [4.69, 9.17) is 18.0 Å². The standard InChI is InChI=1S/C10H23NO4Si/c1-10(16(12-2,13-3)14-4)9-11-5-7-15-8-6-11/h10H,5-9H2,1-4H3. The molecule has 1 unspecified atom stereocenters. The highest BCUT2D eigenvalue weighted by molar-refractivity contribution is 6.62. The molecule has 0 aromatic heterocycles. The number of rotatable bonds is 6. The van der Waals surface area contributed by atoms with E-state index in [1.54, 1.807) is 21.3 Å². The molecule has 1 atom stereocenters. The van der Waals surface area contributed by atoms with Gasteiger partial charge in [-0.1, -0.05) is 6.92 Å². The van der Waals surface area contributed by atoms with Gasteiger partial charge in [0, 0.05) is 46.5 Å². The summed E-state index contributed by atoms with van der Waals surface area (Å²) in [5, 5.41) is 0. The van der Waals surface area contributed by atoms with Gasteiger partial charge in [-0.05, 0) is 0 Å². The first kappa shape index (κ1) is 14.1. The fourth-order valence-corrected chi connectivity index (χ4v) is 4.33. The summed E-state index contributed by atoms with van der Waals surface area (Å²) in [5.41, 5.74) is 0.269.